The molecule has 43 heavy (non-hydrogen) atoms. The van der Waals surface area contributed by atoms with E-state index in [1.54, 1.807) is 0 Å². The molecule has 0 unspecified atom stereocenters. The number of aryl methyl sites for hydroxylation is 1. The first kappa shape index (κ1) is 32.5. The Balaban J connectivity index is 0.000000253. The van der Waals surface area contributed by atoms with Gasteiger partial charge in [0, 0.05) is 46.0 Å². The van der Waals surface area contributed by atoms with Gasteiger partial charge in [-0.1, -0.05) is 87.8 Å². The maximum Gasteiger partial charge on any atom is 0.120 e. The molecule has 0 spiro atoms. The van der Waals surface area contributed by atoms with Crippen LogP contribution in [0.5, 0.6) is 0 Å². The van der Waals surface area contributed by atoms with Gasteiger partial charge in [-0.2, -0.15) is 0 Å². The maximum atomic E-state index is 6.40. The van der Waals surface area contributed by atoms with Crippen molar-refractivity contribution in [3.63, 3.8) is 0 Å². The molecule has 0 aliphatic carbocycles. The number of rotatable bonds is 6. The molecule has 0 aliphatic heterocycles. The number of benzene rings is 3. The van der Waals surface area contributed by atoms with E-state index in [1.165, 1.54) is 27.1 Å². The molecular weight excluding hydrogens is 721 g/mol. The summed E-state index contributed by atoms with van der Waals surface area (Å²) in [5.41, 5.74) is 8.46. The summed E-state index contributed by atoms with van der Waals surface area (Å²) < 4.78 is 6.40. The molecule has 3 aromatic heterocycles. The molecule has 1 radical (unpaired) electrons. The minimum atomic E-state index is -1.57. The smallest absolute Gasteiger partial charge is 0.120 e. The third-order valence-corrected chi connectivity index (χ3v) is 10.4. The van der Waals surface area contributed by atoms with E-state index in [4.69, 9.17) is 9.40 Å². The number of pyridine rings is 2. The fourth-order valence-corrected chi connectivity index (χ4v) is 6.84. The van der Waals surface area contributed by atoms with E-state index >= 15 is 0 Å². The van der Waals surface area contributed by atoms with Gasteiger partial charge >= 0.3 is 0 Å². The fraction of sp³-hybridized carbons (Fsp3) is 0.263. The molecule has 0 aliphatic rings. The molecule has 0 saturated carbocycles. The number of aromatic nitrogens is 2. The zero-order valence-electron chi connectivity index (χ0n) is 26.2. The SMILES string of the molecule is CCC(C)(CC)c1ccnc(-c2[c-]cc([Si](C)(C)C)c3c2oc2ccccc23)c1.Cc1ccc(-c2[c-]cccc2)nc1.[Ir]. The third kappa shape index (κ3) is 6.91. The van der Waals surface area contributed by atoms with Gasteiger partial charge in [-0.25, -0.2) is 0 Å². The van der Waals surface area contributed by atoms with Gasteiger partial charge < -0.3 is 14.4 Å². The Hall–Kier alpha value is -3.37. The van der Waals surface area contributed by atoms with Crippen LogP contribution in [0.1, 0.15) is 44.7 Å². The monoisotopic (exact) mass is 761 g/mol. The van der Waals surface area contributed by atoms with Crippen LogP contribution in [0.2, 0.25) is 19.6 Å². The Bertz CT molecular complexity index is 1800. The first-order chi connectivity index (χ1) is 20.1. The number of hydrogen-bond acceptors (Lipinski definition) is 3. The summed E-state index contributed by atoms with van der Waals surface area (Å²) in [5.74, 6) is 0. The summed E-state index contributed by atoms with van der Waals surface area (Å²) in [6.07, 6.45) is 6.01. The van der Waals surface area contributed by atoms with Crippen LogP contribution in [0, 0.1) is 19.1 Å². The summed E-state index contributed by atoms with van der Waals surface area (Å²) in [7, 11) is -1.57. The van der Waals surface area contributed by atoms with Crippen LogP contribution in [0.25, 0.3) is 44.5 Å². The average molecular weight is 761 g/mol. The molecule has 3 nitrogen and oxygen atoms in total. The zero-order valence-corrected chi connectivity index (χ0v) is 29.6. The van der Waals surface area contributed by atoms with Gasteiger partial charge in [0.25, 0.3) is 0 Å². The predicted octanol–water partition coefficient (Wildman–Crippen LogP) is 9.93. The van der Waals surface area contributed by atoms with Crippen molar-refractivity contribution in [3.05, 3.63) is 115 Å². The molecule has 0 amide bonds. The van der Waals surface area contributed by atoms with Gasteiger partial charge in [-0.3, -0.25) is 0 Å². The van der Waals surface area contributed by atoms with Crippen LogP contribution in [0.15, 0.2) is 95.7 Å². The molecule has 0 saturated heterocycles. The van der Waals surface area contributed by atoms with Crippen LogP contribution >= 0.6 is 0 Å². The van der Waals surface area contributed by atoms with Gasteiger partial charge in [-0.15, -0.1) is 53.2 Å². The van der Waals surface area contributed by atoms with Crippen molar-refractivity contribution < 1.29 is 24.5 Å². The Kier molecular flexibility index (Phi) is 10.2. The predicted molar refractivity (Wildman–Crippen MR) is 180 cm³/mol. The zero-order chi connectivity index (χ0) is 29.9. The molecule has 223 valence electrons. The number of furan rings is 1. The Morgan fingerprint density at radius 3 is 2.26 bits per heavy atom. The molecule has 0 N–H and O–H groups in total. The van der Waals surface area contributed by atoms with E-state index in [-0.39, 0.29) is 25.5 Å². The van der Waals surface area contributed by atoms with Crippen molar-refractivity contribution >= 4 is 35.2 Å². The standard InChI is InChI=1S/C26H30NOSi.C12H10N.Ir/c1-7-26(3,8-2)18-15-16-27-21(17-18)19-13-14-23(29(4,5)6)24-20-11-9-10-12-22(20)28-25(19)24;1-10-7-8-12(13-9-10)11-5-3-2-4-6-11;/h9-12,14-17H,7-8H2,1-6H3;2-5,7-9H,1H3;/q2*-1;. The number of fused-ring (bicyclic) bond motifs is 3. The Morgan fingerprint density at radius 2 is 1.60 bits per heavy atom. The van der Waals surface area contributed by atoms with Crippen molar-refractivity contribution in [2.45, 2.75) is 65.6 Å². The second-order valence-electron chi connectivity index (χ2n) is 12.3. The van der Waals surface area contributed by atoms with Crippen molar-refractivity contribution in [3.8, 4) is 22.5 Å². The van der Waals surface area contributed by atoms with Crippen LogP contribution < -0.4 is 5.19 Å². The van der Waals surface area contributed by atoms with Crippen LogP contribution in [-0.4, -0.2) is 18.0 Å². The van der Waals surface area contributed by atoms with Crippen molar-refractivity contribution in [2.24, 2.45) is 0 Å². The summed E-state index contributed by atoms with van der Waals surface area (Å²) in [4.78, 5) is 9.04. The molecule has 0 atom stereocenters. The molecule has 5 heteroatoms. The van der Waals surface area contributed by atoms with Gasteiger partial charge in [0.1, 0.15) is 5.58 Å². The van der Waals surface area contributed by atoms with Crippen molar-refractivity contribution in [1.82, 2.24) is 9.97 Å². The first-order valence-electron chi connectivity index (χ1n) is 14.9. The molecule has 0 bridgehead atoms. The van der Waals surface area contributed by atoms with Gasteiger partial charge in [0.15, 0.2) is 0 Å². The average Bonchev–Trinajstić information content (AvgIpc) is 3.40. The van der Waals surface area contributed by atoms with Crippen molar-refractivity contribution in [1.29, 1.82) is 0 Å². The molecule has 3 heterocycles. The molecule has 6 rings (SSSR count). The number of para-hydroxylation sites is 1. The molecular formula is C38H40IrN2OSi-2. The van der Waals surface area contributed by atoms with Crippen LogP contribution in [0.4, 0.5) is 0 Å². The topological polar surface area (TPSA) is 38.9 Å². The van der Waals surface area contributed by atoms with Gasteiger partial charge in [-0.05, 0) is 59.8 Å². The normalized spacial score (nSPS) is 11.6. The number of hydrogen-bond donors (Lipinski definition) is 0. The second-order valence-corrected chi connectivity index (χ2v) is 17.4. The third-order valence-electron chi connectivity index (χ3n) is 8.43. The van der Waals surface area contributed by atoms with E-state index in [1.807, 2.05) is 55.7 Å². The van der Waals surface area contributed by atoms with E-state index in [0.29, 0.717) is 0 Å². The molecule has 3 aromatic carbocycles. The van der Waals surface area contributed by atoms with E-state index < -0.39 is 8.07 Å². The maximum absolute atomic E-state index is 6.40. The minimum absolute atomic E-state index is 0. The molecule has 0 fully saturated rings. The molecule has 6 aromatic rings. The Morgan fingerprint density at radius 1 is 0.860 bits per heavy atom. The Labute approximate surface area is 271 Å². The minimum Gasteiger partial charge on any atom is -0.501 e. The van der Waals surface area contributed by atoms with E-state index in [9.17, 15) is 0 Å². The summed E-state index contributed by atoms with van der Waals surface area (Å²) in [5, 5.41) is 3.83. The summed E-state index contributed by atoms with van der Waals surface area (Å²) in [6.45, 7) is 16.0. The van der Waals surface area contributed by atoms with Crippen LogP contribution in [0.3, 0.4) is 0 Å². The van der Waals surface area contributed by atoms with E-state index in [2.05, 4.69) is 100.0 Å². The first-order valence-corrected chi connectivity index (χ1v) is 18.4. The fourth-order valence-electron chi connectivity index (χ4n) is 5.33. The van der Waals surface area contributed by atoms with E-state index in [0.717, 1.165) is 46.5 Å². The van der Waals surface area contributed by atoms with Crippen LogP contribution in [-0.2, 0) is 25.5 Å². The second kappa shape index (κ2) is 13.5. The quantitative estimate of drug-likeness (QED) is 0.125. The summed E-state index contributed by atoms with van der Waals surface area (Å²) in [6, 6.07) is 33.6. The largest absolute Gasteiger partial charge is 0.501 e. The van der Waals surface area contributed by atoms with Gasteiger partial charge in [0.2, 0.25) is 0 Å². The number of nitrogens with zero attached hydrogens (tertiary/aromatic N) is 2. The van der Waals surface area contributed by atoms with Gasteiger partial charge in [0.05, 0.1) is 5.58 Å². The summed E-state index contributed by atoms with van der Waals surface area (Å²) >= 11 is 0. The van der Waals surface area contributed by atoms with Crippen molar-refractivity contribution in [2.75, 3.05) is 0 Å².